The maximum absolute atomic E-state index is 12.7. The van der Waals surface area contributed by atoms with Crippen LogP contribution in [0.1, 0.15) is 80.3 Å². The normalized spacial score (nSPS) is 24.7. The Kier molecular flexibility index (Phi) is 5.21. The zero-order chi connectivity index (χ0) is 21.7. The topological polar surface area (TPSA) is 104 Å². The van der Waals surface area contributed by atoms with Crippen LogP contribution in [0.3, 0.4) is 0 Å². The first-order valence-corrected chi connectivity index (χ1v) is 13.4. The quantitative estimate of drug-likeness (QED) is 0.706. The van der Waals surface area contributed by atoms with Crippen molar-refractivity contribution in [1.29, 1.82) is 0 Å². The van der Waals surface area contributed by atoms with Gasteiger partial charge in [-0.1, -0.05) is 19.3 Å². The zero-order valence-electron chi connectivity index (χ0n) is 18.4. The van der Waals surface area contributed by atoms with Crippen LogP contribution in [-0.4, -0.2) is 48.7 Å². The predicted molar refractivity (Wildman–Crippen MR) is 121 cm³/mol. The molecule has 172 valence electrons. The van der Waals surface area contributed by atoms with E-state index >= 15 is 0 Å². The van der Waals surface area contributed by atoms with E-state index in [4.69, 9.17) is 19.4 Å². The summed E-state index contributed by atoms with van der Waals surface area (Å²) in [7, 11) is -1.09. The van der Waals surface area contributed by atoms with Crippen LogP contribution in [0.15, 0.2) is 9.31 Å². The minimum Gasteiger partial charge on any atom is -0.445 e. The van der Waals surface area contributed by atoms with Crippen LogP contribution >= 0.6 is 0 Å². The van der Waals surface area contributed by atoms with Gasteiger partial charge in [-0.25, -0.2) is 9.97 Å². The molecule has 2 aliphatic carbocycles. The molecule has 0 amide bonds. The Morgan fingerprint density at radius 3 is 2.69 bits per heavy atom. The highest BCUT2D eigenvalue weighted by Crippen LogP contribution is 2.39. The average molecular weight is 458 g/mol. The van der Waals surface area contributed by atoms with Crippen LogP contribution in [0.5, 0.6) is 0 Å². The van der Waals surface area contributed by atoms with Crippen molar-refractivity contribution >= 4 is 22.6 Å². The first-order chi connectivity index (χ1) is 15.6. The number of aromatic nitrogens is 3. The highest BCUT2D eigenvalue weighted by atomic mass is 32.2. The monoisotopic (exact) mass is 457 g/mol. The van der Waals surface area contributed by atoms with Crippen LogP contribution in [0.4, 0.5) is 11.8 Å². The number of nitrogens with zero attached hydrogens (tertiary/aromatic N) is 4. The number of nitrogens with one attached hydrogen (secondary N) is 1. The first kappa shape index (κ1) is 20.6. The summed E-state index contributed by atoms with van der Waals surface area (Å²) in [6.07, 6.45) is 10.6. The van der Waals surface area contributed by atoms with Crippen molar-refractivity contribution in [3.05, 3.63) is 23.0 Å². The molecule has 32 heavy (non-hydrogen) atoms. The molecule has 1 atom stereocenters. The number of hydrogen-bond acceptors (Lipinski definition) is 8. The Labute approximate surface area is 190 Å². The second kappa shape index (κ2) is 8.09. The lowest BCUT2D eigenvalue weighted by atomic mass is 9.77. The van der Waals surface area contributed by atoms with Gasteiger partial charge in [0.15, 0.2) is 5.89 Å². The molecule has 6 rings (SSSR count). The molecule has 2 aromatic heterocycles. The van der Waals surface area contributed by atoms with Gasteiger partial charge in [0.25, 0.3) is 0 Å². The van der Waals surface area contributed by atoms with Crippen molar-refractivity contribution in [2.24, 2.45) is 0 Å². The highest BCUT2D eigenvalue weighted by molar-refractivity contribution is 7.85. The molecule has 2 fully saturated rings. The lowest BCUT2D eigenvalue weighted by Crippen LogP contribution is -2.48. The van der Waals surface area contributed by atoms with E-state index in [1.54, 1.807) is 0 Å². The van der Waals surface area contributed by atoms with E-state index < -0.39 is 10.8 Å². The average Bonchev–Trinajstić information content (AvgIpc) is 3.40. The van der Waals surface area contributed by atoms with Gasteiger partial charge in [-0.05, 0) is 32.1 Å². The second-order valence-corrected chi connectivity index (χ2v) is 11.3. The van der Waals surface area contributed by atoms with Crippen molar-refractivity contribution < 1.29 is 13.7 Å². The maximum atomic E-state index is 12.7. The minimum atomic E-state index is -1.09. The van der Waals surface area contributed by atoms with E-state index in [2.05, 4.69) is 10.2 Å². The first-order valence-electron chi connectivity index (χ1n) is 12.1. The van der Waals surface area contributed by atoms with Crippen molar-refractivity contribution in [3.8, 4) is 0 Å². The van der Waals surface area contributed by atoms with E-state index in [-0.39, 0.29) is 12.1 Å². The summed E-state index contributed by atoms with van der Waals surface area (Å²) in [5, 5.41) is 13.4. The molecule has 9 heteroatoms. The lowest BCUT2D eigenvalue weighted by Gasteiger charge is -2.41. The second-order valence-electron chi connectivity index (χ2n) is 9.79. The van der Waals surface area contributed by atoms with Crippen molar-refractivity contribution in [3.63, 3.8) is 0 Å². The van der Waals surface area contributed by atoms with Crippen molar-refractivity contribution in [2.45, 2.75) is 87.1 Å². The number of aliphatic hydroxyl groups excluding tert-OH is 1. The molecular formula is C23H31N5O3S. The highest BCUT2D eigenvalue weighted by Gasteiger charge is 2.39. The molecule has 2 N–H and O–H groups in total. The third-order valence-corrected chi connectivity index (χ3v) is 9.11. The number of rotatable bonds is 5. The summed E-state index contributed by atoms with van der Waals surface area (Å²) < 4.78 is 18.8. The Morgan fingerprint density at radius 1 is 1.09 bits per heavy atom. The SMILES string of the molecule is O=[S@]1CCc2nc(N3CCc4oc(C5CCCCC5)nc4C3)nc(NC3(CO)CCC3)c21. The van der Waals surface area contributed by atoms with Gasteiger partial charge in [-0.2, -0.15) is 4.98 Å². The van der Waals surface area contributed by atoms with Crippen LogP contribution in [0.2, 0.25) is 0 Å². The third-order valence-electron chi connectivity index (χ3n) is 7.65. The molecule has 0 aromatic carbocycles. The van der Waals surface area contributed by atoms with Crippen LogP contribution in [-0.2, 0) is 30.2 Å². The molecule has 4 aliphatic rings. The molecule has 4 heterocycles. The predicted octanol–water partition coefficient (Wildman–Crippen LogP) is 3.07. The summed E-state index contributed by atoms with van der Waals surface area (Å²) >= 11 is 0. The van der Waals surface area contributed by atoms with Gasteiger partial charge in [0.05, 0.1) is 35.2 Å². The fourth-order valence-corrected chi connectivity index (χ4v) is 6.81. The van der Waals surface area contributed by atoms with Gasteiger partial charge >= 0.3 is 0 Å². The Morgan fingerprint density at radius 2 is 1.94 bits per heavy atom. The smallest absolute Gasteiger partial charge is 0.227 e. The standard InChI is InChI=1S/C23H31N5O3S/c29-14-23(9-4-10-23)27-20-19-16(8-12-32(19)30)25-22(26-20)28-11-7-18-17(13-28)24-21(31-18)15-5-2-1-3-6-15/h15,29H,1-14H2,(H,25,26,27)/t32-/m0/s1. The summed E-state index contributed by atoms with van der Waals surface area (Å²) in [4.78, 5) is 17.4. The largest absolute Gasteiger partial charge is 0.445 e. The number of aryl methyl sites for hydroxylation is 1. The molecule has 0 saturated heterocycles. The molecule has 2 aromatic rings. The molecule has 0 unspecified atom stereocenters. The molecule has 8 nitrogen and oxygen atoms in total. The Hall–Kier alpha value is -2.00. The van der Waals surface area contributed by atoms with E-state index in [0.29, 0.717) is 36.4 Å². The molecule has 0 radical (unpaired) electrons. The minimum absolute atomic E-state index is 0.0592. The van der Waals surface area contributed by atoms with Gasteiger partial charge in [-0.15, -0.1) is 0 Å². The summed E-state index contributed by atoms with van der Waals surface area (Å²) in [5.74, 6) is 4.28. The van der Waals surface area contributed by atoms with E-state index in [1.165, 1.54) is 32.1 Å². The molecule has 2 aliphatic heterocycles. The number of anilines is 2. The zero-order valence-corrected chi connectivity index (χ0v) is 19.3. The van der Waals surface area contributed by atoms with Gasteiger partial charge in [0, 0.05) is 31.1 Å². The van der Waals surface area contributed by atoms with Crippen molar-refractivity contribution in [1.82, 2.24) is 15.0 Å². The molecule has 0 bridgehead atoms. The summed E-state index contributed by atoms with van der Waals surface area (Å²) in [6.45, 7) is 1.47. The van der Waals surface area contributed by atoms with Gasteiger partial charge in [-0.3, -0.25) is 4.21 Å². The Bertz CT molecular complexity index is 1040. The Balaban J connectivity index is 1.28. The fourth-order valence-electron chi connectivity index (χ4n) is 5.50. The molecule has 0 spiro atoms. The van der Waals surface area contributed by atoms with Crippen molar-refractivity contribution in [2.75, 3.05) is 29.1 Å². The van der Waals surface area contributed by atoms with Crippen LogP contribution in [0, 0.1) is 0 Å². The number of hydrogen-bond donors (Lipinski definition) is 2. The molecular weight excluding hydrogens is 426 g/mol. The van der Waals surface area contributed by atoms with E-state index in [9.17, 15) is 9.32 Å². The number of aliphatic hydroxyl groups is 1. The number of oxazole rings is 1. The van der Waals surface area contributed by atoms with E-state index in [1.807, 2.05) is 0 Å². The van der Waals surface area contributed by atoms with Gasteiger partial charge < -0.3 is 19.7 Å². The maximum Gasteiger partial charge on any atom is 0.227 e. The van der Waals surface area contributed by atoms with Crippen LogP contribution in [0.25, 0.3) is 0 Å². The lowest BCUT2D eigenvalue weighted by molar-refractivity contribution is 0.143. The van der Waals surface area contributed by atoms with Crippen LogP contribution < -0.4 is 10.2 Å². The van der Waals surface area contributed by atoms with E-state index in [0.717, 1.165) is 60.2 Å². The fraction of sp³-hybridized carbons (Fsp3) is 0.696. The third kappa shape index (κ3) is 3.53. The number of fused-ring (bicyclic) bond motifs is 2. The molecule has 2 saturated carbocycles. The summed E-state index contributed by atoms with van der Waals surface area (Å²) in [6, 6.07) is 0. The van der Waals surface area contributed by atoms with Gasteiger partial charge in [0.2, 0.25) is 5.95 Å². The summed E-state index contributed by atoms with van der Waals surface area (Å²) in [5.41, 5.74) is 1.53. The van der Waals surface area contributed by atoms with Gasteiger partial charge in [0.1, 0.15) is 22.2 Å².